The van der Waals surface area contributed by atoms with Crippen LogP contribution in [0.5, 0.6) is 17.2 Å². The molecular weight excluding hydrogens is 484 g/mol. The number of piperazine rings is 1. The zero-order valence-corrected chi connectivity index (χ0v) is 21.9. The molecule has 0 radical (unpaired) electrons. The summed E-state index contributed by atoms with van der Waals surface area (Å²) in [5, 5.41) is 7.27. The molecule has 0 aliphatic carbocycles. The average Bonchev–Trinajstić information content (AvgIpc) is 3.66. The summed E-state index contributed by atoms with van der Waals surface area (Å²) in [5.41, 5.74) is 2.95. The second-order valence-corrected chi connectivity index (χ2v) is 9.02. The highest BCUT2D eigenvalue weighted by Gasteiger charge is 2.24. The molecule has 1 saturated heterocycles. The molecule has 0 unspecified atom stereocenters. The van der Waals surface area contributed by atoms with Crippen LogP contribution in [0.25, 0.3) is 22.6 Å². The van der Waals surface area contributed by atoms with Crippen molar-refractivity contribution in [2.24, 2.45) is 0 Å². The molecule has 1 amide bonds. The number of aromatic nitrogens is 4. The Morgan fingerprint density at radius 1 is 0.895 bits per heavy atom. The van der Waals surface area contributed by atoms with E-state index in [0.29, 0.717) is 41.7 Å². The van der Waals surface area contributed by atoms with Crippen molar-refractivity contribution in [1.29, 1.82) is 0 Å². The van der Waals surface area contributed by atoms with Gasteiger partial charge in [-0.2, -0.15) is 5.10 Å². The summed E-state index contributed by atoms with van der Waals surface area (Å²) in [5.74, 6) is 2.48. The van der Waals surface area contributed by atoms with E-state index < -0.39 is 0 Å². The molecule has 4 aromatic rings. The Morgan fingerprint density at radius 3 is 2.26 bits per heavy atom. The number of carbonyl (C=O) groups excluding carboxylic acids is 1. The number of aromatic amines is 1. The third kappa shape index (κ3) is 5.21. The summed E-state index contributed by atoms with van der Waals surface area (Å²) >= 11 is 0. The van der Waals surface area contributed by atoms with E-state index in [1.165, 1.54) is 0 Å². The molecule has 5 rings (SSSR count). The third-order valence-corrected chi connectivity index (χ3v) is 6.83. The molecule has 38 heavy (non-hydrogen) atoms. The molecule has 0 atom stereocenters. The summed E-state index contributed by atoms with van der Waals surface area (Å²) < 4.78 is 18.5. The topological polar surface area (TPSA) is 97.7 Å². The van der Waals surface area contributed by atoms with Crippen molar-refractivity contribution in [3.8, 4) is 39.9 Å². The number of carbonyl (C=O) groups is 1. The van der Waals surface area contributed by atoms with Gasteiger partial charge in [-0.25, -0.2) is 4.98 Å². The Morgan fingerprint density at radius 2 is 1.61 bits per heavy atom. The lowest BCUT2D eigenvalue weighted by Gasteiger charge is -2.34. The molecule has 1 fully saturated rings. The lowest BCUT2D eigenvalue weighted by atomic mass is 10.1. The fourth-order valence-corrected chi connectivity index (χ4v) is 4.74. The minimum Gasteiger partial charge on any atom is -0.493 e. The number of methoxy groups -OCH3 is 3. The van der Waals surface area contributed by atoms with Gasteiger partial charge in [0, 0.05) is 62.8 Å². The molecule has 10 heteroatoms. The van der Waals surface area contributed by atoms with Crippen molar-refractivity contribution in [2.45, 2.75) is 6.54 Å². The number of amides is 1. The molecule has 2 aromatic carbocycles. The van der Waals surface area contributed by atoms with Gasteiger partial charge in [0.2, 0.25) is 5.75 Å². The van der Waals surface area contributed by atoms with Crippen LogP contribution in [0.2, 0.25) is 0 Å². The Kier molecular flexibility index (Phi) is 7.60. The van der Waals surface area contributed by atoms with Crippen molar-refractivity contribution < 1.29 is 19.0 Å². The van der Waals surface area contributed by atoms with E-state index >= 15 is 0 Å². The minimum atomic E-state index is -0.0585. The van der Waals surface area contributed by atoms with Crippen molar-refractivity contribution in [3.63, 3.8) is 0 Å². The van der Waals surface area contributed by atoms with Crippen LogP contribution in [-0.2, 0) is 6.54 Å². The maximum Gasteiger partial charge on any atom is 0.271 e. The van der Waals surface area contributed by atoms with Gasteiger partial charge in [-0.15, -0.1) is 0 Å². The summed E-state index contributed by atoms with van der Waals surface area (Å²) in [6, 6.07) is 15.6. The van der Waals surface area contributed by atoms with Gasteiger partial charge in [0.1, 0.15) is 11.5 Å². The van der Waals surface area contributed by atoms with Gasteiger partial charge in [-0.05, 0) is 18.2 Å². The first-order valence-electron chi connectivity index (χ1n) is 12.5. The van der Waals surface area contributed by atoms with Gasteiger partial charge >= 0.3 is 0 Å². The number of ether oxygens (including phenoxy) is 3. The predicted molar refractivity (Wildman–Crippen MR) is 144 cm³/mol. The Labute approximate surface area is 221 Å². The highest BCUT2D eigenvalue weighted by atomic mass is 16.5. The normalized spacial score (nSPS) is 13.9. The summed E-state index contributed by atoms with van der Waals surface area (Å²) in [4.78, 5) is 22.0. The van der Waals surface area contributed by atoms with Gasteiger partial charge in [-0.3, -0.25) is 14.8 Å². The maximum absolute atomic E-state index is 13.2. The van der Waals surface area contributed by atoms with Gasteiger partial charge in [0.25, 0.3) is 5.91 Å². The van der Waals surface area contributed by atoms with Crippen LogP contribution >= 0.6 is 0 Å². The number of benzene rings is 2. The Bertz CT molecular complexity index is 1350. The molecule has 1 aliphatic heterocycles. The van der Waals surface area contributed by atoms with Crippen LogP contribution in [0.15, 0.2) is 60.9 Å². The number of imidazole rings is 1. The van der Waals surface area contributed by atoms with Gasteiger partial charge in [0.05, 0.1) is 27.0 Å². The highest BCUT2D eigenvalue weighted by Crippen LogP contribution is 2.40. The van der Waals surface area contributed by atoms with E-state index in [1.54, 1.807) is 27.4 Å². The fourth-order valence-electron chi connectivity index (χ4n) is 4.74. The number of hydrogen-bond donors (Lipinski definition) is 1. The van der Waals surface area contributed by atoms with E-state index in [4.69, 9.17) is 14.2 Å². The predicted octanol–water partition coefficient (Wildman–Crippen LogP) is 3.42. The van der Waals surface area contributed by atoms with Crippen LogP contribution in [0.1, 0.15) is 10.5 Å². The lowest BCUT2D eigenvalue weighted by Crippen LogP contribution is -2.49. The van der Waals surface area contributed by atoms with Crippen molar-refractivity contribution >= 4 is 5.91 Å². The lowest BCUT2D eigenvalue weighted by molar-refractivity contribution is 0.0627. The minimum absolute atomic E-state index is 0.0585. The molecule has 0 spiro atoms. The molecule has 2 aromatic heterocycles. The molecular formula is C28H32N6O4. The molecule has 0 bridgehead atoms. The summed E-state index contributed by atoms with van der Waals surface area (Å²) in [6.07, 6.45) is 3.86. The maximum atomic E-state index is 13.2. The van der Waals surface area contributed by atoms with Gasteiger partial charge < -0.3 is 23.7 Å². The molecule has 198 valence electrons. The van der Waals surface area contributed by atoms with E-state index in [1.807, 2.05) is 47.6 Å². The average molecular weight is 517 g/mol. The number of H-pyrrole nitrogens is 1. The van der Waals surface area contributed by atoms with Gasteiger partial charge in [-0.1, -0.05) is 30.3 Å². The first-order valence-corrected chi connectivity index (χ1v) is 12.5. The Hall–Kier alpha value is -4.31. The molecule has 0 saturated carbocycles. The van der Waals surface area contributed by atoms with Crippen LogP contribution in [0.3, 0.4) is 0 Å². The van der Waals surface area contributed by atoms with Crippen LogP contribution in [0, 0.1) is 0 Å². The van der Waals surface area contributed by atoms with Crippen molar-refractivity contribution in [2.75, 3.05) is 54.1 Å². The van der Waals surface area contributed by atoms with Crippen molar-refractivity contribution in [3.05, 3.63) is 66.6 Å². The SMILES string of the molecule is COc1cc(-c2cc(C(=O)N3CCN(CCn4ccnc4-c4ccccc4)CC3)[nH]n2)cc(OC)c1OC. The van der Waals surface area contributed by atoms with Crippen LogP contribution in [0.4, 0.5) is 0 Å². The second kappa shape index (κ2) is 11.4. The zero-order chi connectivity index (χ0) is 26.5. The number of nitrogens with zero attached hydrogens (tertiary/aromatic N) is 5. The molecule has 1 aliphatic rings. The summed E-state index contributed by atoms with van der Waals surface area (Å²) in [7, 11) is 4.69. The monoisotopic (exact) mass is 516 g/mol. The van der Waals surface area contributed by atoms with E-state index in [-0.39, 0.29) is 5.91 Å². The molecule has 10 nitrogen and oxygen atoms in total. The summed E-state index contributed by atoms with van der Waals surface area (Å²) in [6.45, 7) is 4.69. The first kappa shape index (κ1) is 25.3. The van der Waals surface area contributed by atoms with Crippen LogP contribution < -0.4 is 14.2 Å². The van der Waals surface area contributed by atoms with E-state index in [2.05, 4.69) is 36.8 Å². The first-order chi connectivity index (χ1) is 18.6. The number of hydrogen-bond acceptors (Lipinski definition) is 7. The molecule has 3 heterocycles. The number of nitrogens with one attached hydrogen (secondary N) is 1. The Balaban J connectivity index is 1.19. The van der Waals surface area contributed by atoms with Crippen molar-refractivity contribution in [1.82, 2.24) is 29.5 Å². The smallest absolute Gasteiger partial charge is 0.271 e. The quantitative estimate of drug-likeness (QED) is 0.364. The zero-order valence-electron chi connectivity index (χ0n) is 21.9. The highest BCUT2D eigenvalue weighted by molar-refractivity contribution is 5.93. The van der Waals surface area contributed by atoms with Crippen LogP contribution in [-0.4, -0.2) is 89.5 Å². The second-order valence-electron chi connectivity index (χ2n) is 9.02. The molecule has 1 N–H and O–H groups in total. The standard InChI is InChI=1S/C28H32N6O4/c1-36-24-17-21(18-25(37-2)26(24)38-3)22-19-23(31-30-22)28(35)34-15-12-32(13-16-34)11-14-33-10-9-29-27(33)20-7-5-4-6-8-20/h4-10,17-19H,11-16H2,1-3H3,(H,30,31). The largest absolute Gasteiger partial charge is 0.493 e. The van der Waals surface area contributed by atoms with E-state index in [9.17, 15) is 4.79 Å². The third-order valence-electron chi connectivity index (χ3n) is 6.83. The number of rotatable bonds is 9. The fraction of sp³-hybridized carbons (Fsp3) is 0.321. The van der Waals surface area contributed by atoms with E-state index in [0.717, 1.165) is 43.1 Å². The van der Waals surface area contributed by atoms with Gasteiger partial charge in [0.15, 0.2) is 11.5 Å².